The van der Waals surface area contributed by atoms with Gasteiger partial charge in [0, 0.05) is 44.5 Å². The normalized spacial score (nSPS) is 17.3. The van der Waals surface area contributed by atoms with Gasteiger partial charge in [0.2, 0.25) is 11.3 Å². The fraction of sp³-hybridized carbons (Fsp3) is 0.629. The van der Waals surface area contributed by atoms with E-state index in [1.807, 2.05) is 6.92 Å². The summed E-state index contributed by atoms with van der Waals surface area (Å²) in [4.78, 5) is 67.1. The van der Waals surface area contributed by atoms with E-state index in [0.29, 0.717) is 24.9 Å². The molecule has 2 fully saturated rings. The van der Waals surface area contributed by atoms with Gasteiger partial charge in [-0.3, -0.25) is 9.59 Å². The average Bonchev–Trinajstić information content (AvgIpc) is 3.83. The molecule has 276 valence electrons. The molecule has 1 aromatic heterocycles. The second-order valence-electron chi connectivity index (χ2n) is 14.9. The number of alkyl carbamates (subject to hydrolysis) is 2. The number of aromatic nitrogens is 1. The van der Waals surface area contributed by atoms with Gasteiger partial charge in [-0.15, -0.1) is 0 Å². The lowest BCUT2D eigenvalue weighted by molar-refractivity contribution is -0.136. The second kappa shape index (κ2) is 15.1. The van der Waals surface area contributed by atoms with Crippen LogP contribution in [0.2, 0.25) is 0 Å². The standard InChI is InChI=1S/C35H50FN5O9/c1-20-18-39(27-24(36)17-22-26(29(27)48-8)41(21-12-13-21)19-23(28(22)42)31(44)45)15-16-40(20)30(43)25(38-33(47)50-35(5,6)7)11-9-10-14-37-32(46)49-34(2,3)4/h17,19-21,25H,9-16,18H2,1-8H3,(H,37,46)(H,38,47)(H,44,45). The number of carbonyl (C=O) groups is 4. The van der Waals surface area contributed by atoms with Crippen molar-refractivity contribution in [1.29, 1.82) is 0 Å². The monoisotopic (exact) mass is 703 g/mol. The Labute approximate surface area is 291 Å². The van der Waals surface area contributed by atoms with Crippen molar-refractivity contribution < 1.29 is 42.9 Å². The zero-order chi connectivity index (χ0) is 37.1. The van der Waals surface area contributed by atoms with E-state index in [0.717, 1.165) is 18.9 Å². The van der Waals surface area contributed by atoms with E-state index in [4.69, 9.17) is 14.2 Å². The molecule has 1 aliphatic carbocycles. The molecule has 3 amide bonds. The molecule has 1 aromatic carbocycles. The van der Waals surface area contributed by atoms with Crippen LogP contribution in [-0.4, -0.2) is 95.2 Å². The summed E-state index contributed by atoms with van der Waals surface area (Å²) >= 11 is 0. The predicted molar refractivity (Wildman–Crippen MR) is 185 cm³/mol. The summed E-state index contributed by atoms with van der Waals surface area (Å²) < 4.78 is 34.1. The van der Waals surface area contributed by atoms with Crippen molar-refractivity contribution in [1.82, 2.24) is 20.1 Å². The molecular weight excluding hydrogens is 653 g/mol. The Morgan fingerprint density at radius 1 is 1.02 bits per heavy atom. The molecule has 14 nitrogen and oxygen atoms in total. The smallest absolute Gasteiger partial charge is 0.408 e. The first-order chi connectivity index (χ1) is 23.3. The lowest BCUT2D eigenvalue weighted by atomic mass is 10.0. The van der Waals surface area contributed by atoms with Crippen LogP contribution in [0.3, 0.4) is 0 Å². The fourth-order valence-corrected chi connectivity index (χ4v) is 6.10. The van der Waals surface area contributed by atoms with E-state index >= 15 is 4.39 Å². The minimum Gasteiger partial charge on any atom is -0.492 e. The van der Waals surface area contributed by atoms with Crippen LogP contribution in [0.1, 0.15) is 97.0 Å². The highest BCUT2D eigenvalue weighted by Crippen LogP contribution is 2.44. The van der Waals surface area contributed by atoms with Gasteiger partial charge in [0.05, 0.1) is 18.0 Å². The Kier molecular flexibility index (Phi) is 11.6. The number of fused-ring (bicyclic) bond motifs is 1. The highest BCUT2D eigenvalue weighted by molar-refractivity contribution is 5.97. The number of unbranched alkanes of at least 4 members (excludes halogenated alkanes) is 1. The number of methoxy groups -OCH3 is 1. The number of carboxylic acid groups (broad SMARTS) is 1. The molecule has 1 aliphatic heterocycles. The molecule has 0 radical (unpaired) electrons. The van der Waals surface area contributed by atoms with Crippen molar-refractivity contribution in [2.45, 2.75) is 110 Å². The maximum absolute atomic E-state index is 15.9. The van der Waals surface area contributed by atoms with Crippen LogP contribution in [0.15, 0.2) is 17.1 Å². The van der Waals surface area contributed by atoms with Crippen molar-refractivity contribution in [3.8, 4) is 5.75 Å². The Hall–Kier alpha value is -4.56. The Bertz CT molecular complexity index is 1680. The summed E-state index contributed by atoms with van der Waals surface area (Å²) in [6.07, 6.45) is 2.91. The quantitative estimate of drug-likeness (QED) is 0.276. The summed E-state index contributed by atoms with van der Waals surface area (Å²) in [6, 6.07) is -0.308. The Morgan fingerprint density at radius 2 is 1.66 bits per heavy atom. The van der Waals surface area contributed by atoms with E-state index in [-0.39, 0.29) is 54.8 Å². The van der Waals surface area contributed by atoms with Crippen LogP contribution in [0.5, 0.6) is 5.75 Å². The number of hydrogen-bond donors (Lipinski definition) is 3. The number of carboxylic acids is 1. The summed E-state index contributed by atoms with van der Waals surface area (Å²) in [5.74, 6) is -2.33. The van der Waals surface area contributed by atoms with Crippen LogP contribution in [-0.2, 0) is 14.3 Å². The number of anilines is 1. The maximum Gasteiger partial charge on any atom is 0.408 e. The molecule has 1 saturated carbocycles. The molecule has 3 N–H and O–H groups in total. The van der Waals surface area contributed by atoms with Crippen molar-refractivity contribution >= 4 is 40.7 Å². The molecule has 2 unspecified atom stereocenters. The first-order valence-electron chi connectivity index (χ1n) is 17.0. The van der Waals surface area contributed by atoms with Crippen LogP contribution in [0.25, 0.3) is 10.9 Å². The van der Waals surface area contributed by atoms with Crippen molar-refractivity contribution in [3.63, 3.8) is 0 Å². The van der Waals surface area contributed by atoms with Gasteiger partial charge in [0.15, 0.2) is 11.6 Å². The van der Waals surface area contributed by atoms with Gasteiger partial charge < -0.3 is 44.3 Å². The van der Waals surface area contributed by atoms with Crippen molar-refractivity contribution in [3.05, 3.63) is 33.9 Å². The van der Waals surface area contributed by atoms with Crippen LogP contribution < -0.4 is 25.7 Å². The van der Waals surface area contributed by atoms with E-state index in [2.05, 4.69) is 10.6 Å². The number of carbonyl (C=O) groups excluding carboxylic acids is 3. The molecule has 0 bridgehead atoms. The topological polar surface area (TPSA) is 169 Å². The van der Waals surface area contributed by atoms with Crippen molar-refractivity contribution in [2.24, 2.45) is 0 Å². The SMILES string of the molecule is COc1c(N2CCN(C(=O)C(CCCCNC(=O)OC(C)(C)C)NC(=O)OC(C)(C)C)C(C)C2)c(F)cc2c(=O)c(C(=O)O)cn(C3CC3)c12. The lowest BCUT2D eigenvalue weighted by Gasteiger charge is -2.42. The number of rotatable bonds is 11. The third-order valence-corrected chi connectivity index (χ3v) is 8.38. The molecule has 0 spiro atoms. The number of amides is 3. The minimum atomic E-state index is -1.39. The molecule has 1 saturated heterocycles. The number of ether oxygens (including phenoxy) is 3. The predicted octanol–water partition coefficient (Wildman–Crippen LogP) is 4.81. The third kappa shape index (κ3) is 9.36. The molecule has 15 heteroatoms. The summed E-state index contributed by atoms with van der Waals surface area (Å²) in [6.45, 7) is 13.3. The molecule has 2 atom stereocenters. The van der Waals surface area contributed by atoms with Gasteiger partial charge in [-0.25, -0.2) is 18.8 Å². The van der Waals surface area contributed by atoms with Gasteiger partial charge in [-0.2, -0.15) is 0 Å². The molecule has 50 heavy (non-hydrogen) atoms. The average molecular weight is 704 g/mol. The zero-order valence-electron chi connectivity index (χ0n) is 30.2. The summed E-state index contributed by atoms with van der Waals surface area (Å²) in [5, 5.41) is 15.0. The Morgan fingerprint density at radius 3 is 2.22 bits per heavy atom. The van der Waals surface area contributed by atoms with E-state index in [1.54, 1.807) is 55.9 Å². The number of aromatic carboxylic acids is 1. The van der Waals surface area contributed by atoms with Crippen LogP contribution >= 0.6 is 0 Å². The third-order valence-electron chi connectivity index (χ3n) is 8.38. The highest BCUT2D eigenvalue weighted by Gasteiger charge is 2.37. The van der Waals surface area contributed by atoms with E-state index < -0.39 is 58.3 Å². The van der Waals surface area contributed by atoms with E-state index in [1.165, 1.54) is 13.3 Å². The van der Waals surface area contributed by atoms with Gasteiger partial charge in [0.1, 0.15) is 28.5 Å². The molecule has 2 aliphatic rings. The first kappa shape index (κ1) is 38.2. The van der Waals surface area contributed by atoms with Gasteiger partial charge in [0.25, 0.3) is 0 Å². The van der Waals surface area contributed by atoms with Crippen molar-refractivity contribution in [2.75, 3.05) is 38.2 Å². The van der Waals surface area contributed by atoms with Gasteiger partial charge >= 0.3 is 18.2 Å². The molecule has 4 rings (SSSR count). The number of halogens is 1. The fourth-order valence-electron chi connectivity index (χ4n) is 6.10. The van der Waals surface area contributed by atoms with Gasteiger partial charge in [-0.1, -0.05) is 0 Å². The molecular formula is C35H50FN5O9. The number of pyridine rings is 1. The minimum absolute atomic E-state index is 0.0423. The van der Waals surface area contributed by atoms with Gasteiger partial charge in [-0.05, 0) is 86.6 Å². The van der Waals surface area contributed by atoms with Crippen LogP contribution in [0.4, 0.5) is 19.7 Å². The number of benzene rings is 1. The maximum atomic E-state index is 15.9. The van der Waals surface area contributed by atoms with E-state index in [9.17, 15) is 29.1 Å². The lowest BCUT2D eigenvalue weighted by Crippen LogP contribution is -2.59. The number of hydrogen-bond acceptors (Lipinski definition) is 9. The second-order valence-corrected chi connectivity index (χ2v) is 14.9. The molecule has 2 aromatic rings. The molecule has 2 heterocycles. The zero-order valence-corrected chi connectivity index (χ0v) is 30.2. The first-order valence-corrected chi connectivity index (χ1v) is 17.0. The Balaban J connectivity index is 1.53. The number of nitrogens with one attached hydrogen (secondary N) is 2. The largest absolute Gasteiger partial charge is 0.492 e. The highest BCUT2D eigenvalue weighted by atomic mass is 19.1. The summed E-state index contributed by atoms with van der Waals surface area (Å²) in [5.41, 5.74) is -2.19. The number of nitrogens with zero attached hydrogens (tertiary/aromatic N) is 3. The number of piperazine rings is 1. The van der Waals surface area contributed by atoms with Crippen LogP contribution in [0, 0.1) is 5.82 Å². The summed E-state index contributed by atoms with van der Waals surface area (Å²) in [7, 11) is 1.38.